The highest BCUT2D eigenvalue weighted by molar-refractivity contribution is 7.89. The monoisotopic (exact) mass is 478 g/mol. The Labute approximate surface area is 194 Å². The second kappa shape index (κ2) is 8.65. The quantitative estimate of drug-likeness (QED) is 0.418. The number of rotatable bonds is 5. The number of sulfonamides is 1. The molecule has 1 aliphatic rings. The van der Waals surface area contributed by atoms with Crippen LogP contribution in [0.15, 0.2) is 65.6 Å². The molecule has 0 unspecified atom stereocenters. The number of aryl methyl sites for hydroxylation is 1. The first kappa shape index (κ1) is 23.0. The third-order valence-electron chi connectivity index (χ3n) is 5.30. The van der Waals surface area contributed by atoms with Crippen LogP contribution in [0, 0.1) is 6.92 Å². The highest BCUT2D eigenvalue weighted by atomic mass is 32.2. The molecule has 0 atom stereocenters. The van der Waals surface area contributed by atoms with Gasteiger partial charge in [-0.05, 0) is 42.8 Å². The van der Waals surface area contributed by atoms with Gasteiger partial charge in [0.05, 0.1) is 10.5 Å². The molecule has 0 aromatic heterocycles. The molecule has 0 bridgehead atoms. The van der Waals surface area contributed by atoms with Gasteiger partial charge in [0.2, 0.25) is 10.0 Å². The highest BCUT2D eigenvalue weighted by Crippen LogP contribution is 2.29. The van der Waals surface area contributed by atoms with Crippen molar-refractivity contribution in [1.29, 1.82) is 0 Å². The Morgan fingerprint density at radius 3 is 2.15 bits per heavy atom. The molecule has 0 saturated carbocycles. The maximum atomic E-state index is 12.8. The SMILES string of the molecule is Cc1ccc(S(N)(=O)=O)cc1C(=O)OCC(=O)Nc1ccc2c(c1)C(=O)c1ccccc1C2=O. The van der Waals surface area contributed by atoms with Crippen molar-refractivity contribution in [2.45, 2.75) is 11.8 Å². The third kappa shape index (κ3) is 4.36. The van der Waals surface area contributed by atoms with Crippen LogP contribution in [0.1, 0.15) is 47.8 Å². The molecular formula is C24H18N2O7S. The molecule has 3 aromatic carbocycles. The van der Waals surface area contributed by atoms with E-state index in [1.54, 1.807) is 31.2 Å². The van der Waals surface area contributed by atoms with Crippen molar-refractivity contribution in [2.75, 3.05) is 11.9 Å². The Balaban J connectivity index is 1.46. The van der Waals surface area contributed by atoms with Crippen molar-refractivity contribution in [3.63, 3.8) is 0 Å². The van der Waals surface area contributed by atoms with Gasteiger partial charge in [-0.1, -0.05) is 30.3 Å². The molecule has 4 rings (SSSR count). The van der Waals surface area contributed by atoms with Crippen molar-refractivity contribution in [3.8, 4) is 0 Å². The molecule has 1 aliphatic carbocycles. The molecular weight excluding hydrogens is 460 g/mol. The van der Waals surface area contributed by atoms with Gasteiger partial charge in [-0.25, -0.2) is 18.4 Å². The Hall–Kier alpha value is -4.15. The van der Waals surface area contributed by atoms with E-state index in [-0.39, 0.29) is 44.4 Å². The summed E-state index contributed by atoms with van der Waals surface area (Å²) in [4.78, 5) is 49.9. The number of esters is 1. The molecule has 34 heavy (non-hydrogen) atoms. The minimum Gasteiger partial charge on any atom is -0.452 e. The van der Waals surface area contributed by atoms with Crippen molar-refractivity contribution < 1.29 is 32.3 Å². The lowest BCUT2D eigenvalue weighted by molar-refractivity contribution is -0.119. The molecule has 0 fully saturated rings. The van der Waals surface area contributed by atoms with Crippen molar-refractivity contribution in [1.82, 2.24) is 0 Å². The van der Waals surface area contributed by atoms with Gasteiger partial charge in [-0.2, -0.15) is 0 Å². The fourth-order valence-corrected chi connectivity index (χ4v) is 4.12. The minimum atomic E-state index is -4.02. The molecule has 3 aromatic rings. The molecule has 10 heteroatoms. The average molecular weight is 478 g/mol. The number of primary sulfonamides is 1. The van der Waals surface area contributed by atoms with Gasteiger partial charge >= 0.3 is 5.97 Å². The topological polar surface area (TPSA) is 150 Å². The fraction of sp³-hybridized carbons (Fsp3) is 0.0833. The van der Waals surface area contributed by atoms with E-state index >= 15 is 0 Å². The number of nitrogens with two attached hydrogens (primary N) is 1. The zero-order valence-corrected chi connectivity index (χ0v) is 18.6. The smallest absolute Gasteiger partial charge is 0.338 e. The number of ketones is 2. The number of amides is 1. The largest absolute Gasteiger partial charge is 0.452 e. The standard InChI is InChI=1S/C24H18N2O7S/c1-13-6-8-15(34(25,31)32)11-19(13)24(30)33-12-21(27)26-14-7-9-18-20(10-14)23(29)17-5-3-2-4-16(17)22(18)28/h2-11H,12H2,1H3,(H,26,27)(H2,25,31,32). The van der Waals surface area contributed by atoms with Crippen LogP contribution in [0.2, 0.25) is 0 Å². The fourth-order valence-electron chi connectivity index (χ4n) is 3.58. The first-order chi connectivity index (χ1) is 16.1. The second-order valence-electron chi connectivity index (χ2n) is 7.61. The number of nitrogens with one attached hydrogen (secondary N) is 1. The van der Waals surface area contributed by atoms with E-state index < -0.39 is 28.5 Å². The van der Waals surface area contributed by atoms with E-state index in [1.165, 1.54) is 30.3 Å². The van der Waals surface area contributed by atoms with E-state index in [0.717, 1.165) is 6.07 Å². The summed E-state index contributed by atoms with van der Waals surface area (Å²) in [5.41, 5.74) is 1.65. The molecule has 0 heterocycles. The summed E-state index contributed by atoms with van der Waals surface area (Å²) in [6.07, 6.45) is 0. The van der Waals surface area contributed by atoms with E-state index in [0.29, 0.717) is 11.1 Å². The lowest BCUT2D eigenvalue weighted by Crippen LogP contribution is -2.23. The summed E-state index contributed by atoms with van der Waals surface area (Å²) >= 11 is 0. The Morgan fingerprint density at radius 2 is 1.50 bits per heavy atom. The zero-order valence-electron chi connectivity index (χ0n) is 17.8. The number of benzene rings is 3. The molecule has 172 valence electrons. The summed E-state index contributed by atoms with van der Waals surface area (Å²) in [6, 6.07) is 14.5. The zero-order chi connectivity index (χ0) is 24.6. The summed E-state index contributed by atoms with van der Waals surface area (Å²) in [5.74, 6) is -2.21. The van der Waals surface area contributed by atoms with Gasteiger partial charge in [0, 0.05) is 27.9 Å². The summed E-state index contributed by atoms with van der Waals surface area (Å²) in [6.45, 7) is 0.915. The molecule has 0 radical (unpaired) electrons. The predicted molar refractivity (Wildman–Crippen MR) is 121 cm³/mol. The second-order valence-corrected chi connectivity index (χ2v) is 9.17. The average Bonchev–Trinajstić information content (AvgIpc) is 2.80. The van der Waals surface area contributed by atoms with Crippen molar-refractivity contribution >= 4 is 39.2 Å². The van der Waals surface area contributed by atoms with E-state index in [1.807, 2.05) is 0 Å². The number of ether oxygens (including phenoxy) is 1. The number of hydrogen-bond acceptors (Lipinski definition) is 7. The molecule has 0 aliphatic heterocycles. The molecule has 1 amide bonds. The number of fused-ring (bicyclic) bond motifs is 2. The first-order valence-corrected chi connectivity index (χ1v) is 11.5. The van der Waals surface area contributed by atoms with Crippen LogP contribution in [0.3, 0.4) is 0 Å². The summed E-state index contributed by atoms with van der Waals surface area (Å²) in [5, 5.41) is 7.60. The summed E-state index contributed by atoms with van der Waals surface area (Å²) < 4.78 is 28.0. The van der Waals surface area contributed by atoms with Crippen LogP contribution in [0.5, 0.6) is 0 Å². The van der Waals surface area contributed by atoms with Gasteiger partial charge < -0.3 is 10.1 Å². The van der Waals surface area contributed by atoms with Crippen LogP contribution in [-0.2, 0) is 19.6 Å². The van der Waals surface area contributed by atoms with Gasteiger partial charge in [0.15, 0.2) is 18.2 Å². The lowest BCUT2D eigenvalue weighted by Gasteiger charge is -2.18. The van der Waals surface area contributed by atoms with E-state index in [2.05, 4.69) is 5.32 Å². The third-order valence-corrected chi connectivity index (χ3v) is 6.21. The minimum absolute atomic E-state index is 0.0455. The van der Waals surface area contributed by atoms with Gasteiger partial charge in [0.1, 0.15) is 0 Å². The molecule has 0 saturated heterocycles. The van der Waals surface area contributed by atoms with Gasteiger partial charge in [0.25, 0.3) is 5.91 Å². The number of anilines is 1. The normalized spacial score (nSPS) is 12.5. The Bertz CT molecular complexity index is 1490. The Morgan fingerprint density at radius 1 is 0.882 bits per heavy atom. The molecule has 3 N–H and O–H groups in total. The maximum Gasteiger partial charge on any atom is 0.338 e. The maximum absolute atomic E-state index is 12.8. The predicted octanol–water partition coefficient (Wildman–Crippen LogP) is 2.21. The Kier molecular flexibility index (Phi) is 5.86. The molecule has 0 spiro atoms. The van der Waals surface area contributed by atoms with Gasteiger partial charge in [-0.15, -0.1) is 0 Å². The first-order valence-electron chi connectivity index (χ1n) is 9.99. The number of carbonyl (C=O) groups is 4. The molecule has 9 nitrogen and oxygen atoms in total. The van der Waals surface area contributed by atoms with Crippen molar-refractivity contribution in [2.24, 2.45) is 5.14 Å². The van der Waals surface area contributed by atoms with Crippen LogP contribution in [0.25, 0.3) is 0 Å². The van der Waals surface area contributed by atoms with Crippen LogP contribution in [0.4, 0.5) is 5.69 Å². The highest BCUT2D eigenvalue weighted by Gasteiger charge is 2.29. The van der Waals surface area contributed by atoms with E-state index in [4.69, 9.17) is 9.88 Å². The summed E-state index contributed by atoms with van der Waals surface area (Å²) in [7, 11) is -4.02. The van der Waals surface area contributed by atoms with Crippen LogP contribution < -0.4 is 10.5 Å². The number of hydrogen-bond donors (Lipinski definition) is 2. The van der Waals surface area contributed by atoms with E-state index in [9.17, 15) is 27.6 Å². The van der Waals surface area contributed by atoms with Crippen LogP contribution >= 0.6 is 0 Å². The van der Waals surface area contributed by atoms with Crippen molar-refractivity contribution in [3.05, 3.63) is 94.0 Å². The van der Waals surface area contributed by atoms with Crippen LogP contribution in [-0.4, -0.2) is 38.5 Å². The van der Waals surface area contributed by atoms with Gasteiger partial charge in [-0.3, -0.25) is 14.4 Å². The lowest BCUT2D eigenvalue weighted by atomic mass is 9.84. The number of carbonyl (C=O) groups excluding carboxylic acids is 4.